The van der Waals surface area contributed by atoms with Crippen molar-refractivity contribution in [3.05, 3.63) is 74.9 Å². The third kappa shape index (κ3) is 3.90. The molecule has 0 bridgehead atoms. The maximum Gasteiger partial charge on any atom is 0.293 e. The highest BCUT2D eigenvalue weighted by Crippen LogP contribution is 2.39. The van der Waals surface area contributed by atoms with Gasteiger partial charge in [0.1, 0.15) is 5.82 Å². The Morgan fingerprint density at radius 1 is 1.19 bits per heavy atom. The molecule has 1 fully saturated rings. The van der Waals surface area contributed by atoms with Crippen LogP contribution in [-0.2, 0) is 11.3 Å². The number of nitrogens with zero attached hydrogens (tertiary/aromatic N) is 2. The molecule has 2 heterocycles. The number of fused-ring (bicyclic) bond motifs is 1. The molecule has 2 aromatic rings. The van der Waals surface area contributed by atoms with Crippen LogP contribution < -0.4 is 4.90 Å². The minimum atomic E-state index is -0.542. The summed E-state index contributed by atoms with van der Waals surface area (Å²) in [4.78, 5) is 28.9. The summed E-state index contributed by atoms with van der Waals surface area (Å²) >= 11 is 6.92. The van der Waals surface area contributed by atoms with Crippen molar-refractivity contribution < 1.29 is 14.0 Å². The summed E-state index contributed by atoms with van der Waals surface area (Å²) in [6.45, 7) is 6.19. The molecule has 31 heavy (non-hydrogen) atoms. The number of carbonyl (C=O) groups is 2. The highest BCUT2D eigenvalue weighted by molar-refractivity contribution is 8.18. The van der Waals surface area contributed by atoms with E-state index >= 15 is 0 Å². The van der Waals surface area contributed by atoms with E-state index in [0.29, 0.717) is 4.91 Å². The lowest BCUT2D eigenvalue weighted by atomic mass is 9.88. The van der Waals surface area contributed by atoms with Crippen molar-refractivity contribution in [1.29, 1.82) is 0 Å². The van der Waals surface area contributed by atoms with Crippen molar-refractivity contribution in [2.45, 2.75) is 32.9 Å². The third-order valence-corrected chi connectivity index (χ3v) is 7.05. The second-order valence-electron chi connectivity index (χ2n) is 8.28. The van der Waals surface area contributed by atoms with E-state index < -0.39 is 17.0 Å². The van der Waals surface area contributed by atoms with Crippen LogP contribution in [0.2, 0.25) is 5.02 Å². The number of hydrogen-bond donors (Lipinski definition) is 0. The average Bonchev–Trinajstić information content (AvgIpc) is 2.96. The smallest absolute Gasteiger partial charge is 0.293 e. The number of halogens is 2. The van der Waals surface area contributed by atoms with Crippen LogP contribution in [0.5, 0.6) is 0 Å². The predicted octanol–water partition coefficient (Wildman–Crippen LogP) is 6.35. The van der Waals surface area contributed by atoms with E-state index in [0.717, 1.165) is 39.0 Å². The zero-order chi connectivity index (χ0) is 22.5. The fourth-order valence-electron chi connectivity index (χ4n) is 3.90. The maximum absolute atomic E-state index is 14.1. The molecule has 2 aromatic carbocycles. The Morgan fingerprint density at radius 2 is 1.94 bits per heavy atom. The highest BCUT2D eigenvalue weighted by Gasteiger charge is 2.36. The molecule has 7 heteroatoms. The number of benzene rings is 2. The van der Waals surface area contributed by atoms with E-state index in [9.17, 15) is 14.0 Å². The lowest BCUT2D eigenvalue weighted by Crippen LogP contribution is -2.42. The van der Waals surface area contributed by atoms with Crippen LogP contribution in [0, 0.1) is 5.82 Å². The van der Waals surface area contributed by atoms with E-state index in [1.54, 1.807) is 6.08 Å². The molecule has 160 valence electrons. The molecule has 4 nitrogen and oxygen atoms in total. The number of carbonyl (C=O) groups excluding carboxylic acids is 2. The van der Waals surface area contributed by atoms with Crippen LogP contribution in [0.25, 0.3) is 11.6 Å². The summed E-state index contributed by atoms with van der Waals surface area (Å²) in [6, 6.07) is 10.3. The van der Waals surface area contributed by atoms with Crippen molar-refractivity contribution in [3.63, 3.8) is 0 Å². The Balaban J connectivity index is 1.63. The second kappa shape index (κ2) is 7.84. The SMILES string of the molecule is CC1=CC(C)(C)N(C)c2ccc(/C=C3/SC(=O)N(Cc4c(F)cccc4Cl)C3=O)cc21. The average molecular weight is 457 g/mol. The van der Waals surface area contributed by atoms with Crippen LogP contribution in [-0.4, -0.2) is 28.6 Å². The zero-order valence-corrected chi connectivity index (χ0v) is 19.3. The molecule has 4 rings (SSSR count). The summed E-state index contributed by atoms with van der Waals surface area (Å²) in [5.74, 6) is -0.989. The molecule has 0 aromatic heterocycles. The lowest BCUT2D eigenvalue weighted by Gasteiger charge is -2.40. The molecule has 0 radical (unpaired) electrons. The van der Waals surface area contributed by atoms with Gasteiger partial charge in [0.05, 0.1) is 17.0 Å². The molecule has 1 saturated heterocycles. The van der Waals surface area contributed by atoms with Gasteiger partial charge in [-0.1, -0.05) is 29.8 Å². The van der Waals surface area contributed by atoms with Gasteiger partial charge in [-0.05, 0) is 74.0 Å². The van der Waals surface area contributed by atoms with Crippen LogP contribution in [0.1, 0.15) is 37.5 Å². The first-order chi connectivity index (χ1) is 14.6. The van der Waals surface area contributed by atoms with Gasteiger partial charge in [0.2, 0.25) is 0 Å². The highest BCUT2D eigenvalue weighted by atomic mass is 35.5. The first-order valence-electron chi connectivity index (χ1n) is 9.84. The molecule has 2 aliphatic rings. The number of allylic oxidation sites excluding steroid dienone is 1. The van der Waals surface area contributed by atoms with Gasteiger partial charge in [-0.15, -0.1) is 0 Å². The van der Waals surface area contributed by atoms with E-state index in [2.05, 4.69) is 38.8 Å². The quantitative estimate of drug-likeness (QED) is 0.505. The summed E-state index contributed by atoms with van der Waals surface area (Å²) < 4.78 is 14.1. The largest absolute Gasteiger partial charge is 0.366 e. The van der Waals surface area contributed by atoms with Crippen LogP contribution in [0.15, 0.2) is 47.4 Å². The van der Waals surface area contributed by atoms with Gasteiger partial charge in [0.25, 0.3) is 11.1 Å². The minimum absolute atomic E-state index is 0.0881. The number of imide groups is 1. The van der Waals surface area contributed by atoms with Crippen molar-refractivity contribution in [3.8, 4) is 0 Å². The van der Waals surface area contributed by atoms with Gasteiger partial charge < -0.3 is 4.90 Å². The molecular weight excluding hydrogens is 435 g/mol. The summed E-state index contributed by atoms with van der Waals surface area (Å²) in [5, 5.41) is -0.252. The molecule has 0 atom stereocenters. The molecule has 2 amide bonds. The lowest BCUT2D eigenvalue weighted by molar-refractivity contribution is -0.123. The van der Waals surface area contributed by atoms with E-state index in [1.807, 2.05) is 18.2 Å². The summed E-state index contributed by atoms with van der Waals surface area (Å²) in [6.07, 6.45) is 3.92. The second-order valence-corrected chi connectivity index (χ2v) is 9.69. The van der Waals surface area contributed by atoms with Gasteiger partial charge >= 0.3 is 0 Å². The Labute approximate surface area is 190 Å². The maximum atomic E-state index is 14.1. The Bertz CT molecular complexity index is 1150. The van der Waals surface area contributed by atoms with Crippen molar-refractivity contribution in [2.24, 2.45) is 0 Å². The Kier molecular flexibility index (Phi) is 5.48. The molecule has 0 unspecified atom stereocenters. The normalized spacial score (nSPS) is 19.2. The summed E-state index contributed by atoms with van der Waals surface area (Å²) in [7, 11) is 2.06. The Morgan fingerprint density at radius 3 is 2.65 bits per heavy atom. The minimum Gasteiger partial charge on any atom is -0.366 e. The first kappa shape index (κ1) is 21.7. The van der Waals surface area contributed by atoms with Gasteiger partial charge in [-0.3, -0.25) is 14.5 Å². The Hall–Kier alpha value is -2.57. The number of likely N-dealkylation sites (N-methyl/N-ethyl adjacent to an activating group) is 1. The molecule has 0 N–H and O–H groups in total. The van der Waals surface area contributed by atoms with Crippen LogP contribution in [0.3, 0.4) is 0 Å². The first-order valence-corrected chi connectivity index (χ1v) is 11.0. The molecule has 0 spiro atoms. The van der Waals surface area contributed by atoms with Gasteiger partial charge in [-0.25, -0.2) is 4.39 Å². The topological polar surface area (TPSA) is 40.6 Å². The number of amides is 2. The monoisotopic (exact) mass is 456 g/mol. The predicted molar refractivity (Wildman–Crippen MR) is 125 cm³/mol. The number of anilines is 1. The molecular formula is C24H22ClFN2O2S. The number of thioether (sulfide) groups is 1. The number of rotatable bonds is 3. The molecule has 0 aliphatic carbocycles. The zero-order valence-electron chi connectivity index (χ0n) is 17.7. The van der Waals surface area contributed by atoms with E-state index in [-0.39, 0.29) is 22.7 Å². The van der Waals surface area contributed by atoms with Crippen LogP contribution in [0.4, 0.5) is 14.9 Å². The summed E-state index contributed by atoms with van der Waals surface area (Å²) in [5.41, 5.74) is 4.24. The van der Waals surface area contributed by atoms with Crippen molar-refractivity contribution >= 4 is 51.8 Å². The standard InChI is InChI=1S/C24H22ClFN2O2S/c1-14-12-24(2,3)27(4)20-9-8-15(10-16(14)20)11-21-22(29)28(23(30)31-21)13-17-18(25)6-5-7-19(17)26/h5-12H,13H2,1-4H3/b21-11+. The van der Waals surface area contributed by atoms with Gasteiger partial charge in [0.15, 0.2) is 0 Å². The van der Waals surface area contributed by atoms with E-state index in [1.165, 1.54) is 18.2 Å². The fraction of sp³-hybridized carbons (Fsp3) is 0.250. The molecule has 0 saturated carbocycles. The number of hydrogen-bond acceptors (Lipinski definition) is 4. The van der Waals surface area contributed by atoms with Crippen molar-refractivity contribution in [1.82, 2.24) is 4.90 Å². The third-order valence-electron chi connectivity index (χ3n) is 5.79. The fourth-order valence-corrected chi connectivity index (χ4v) is 4.96. The molecule has 2 aliphatic heterocycles. The van der Waals surface area contributed by atoms with Gasteiger partial charge in [0, 0.05) is 28.9 Å². The van der Waals surface area contributed by atoms with Crippen molar-refractivity contribution in [2.75, 3.05) is 11.9 Å². The van der Waals surface area contributed by atoms with Gasteiger partial charge in [-0.2, -0.15) is 0 Å². The van der Waals surface area contributed by atoms with Crippen LogP contribution >= 0.6 is 23.4 Å². The van der Waals surface area contributed by atoms with E-state index in [4.69, 9.17) is 11.6 Å².